The molecule has 0 spiro atoms. The molecule has 2 aromatic rings. The molecule has 1 heteroatoms. The molecule has 1 nitrogen and oxygen atoms in total. The molecule has 1 fully saturated rings. The summed E-state index contributed by atoms with van der Waals surface area (Å²) in [6.07, 6.45) is 4.54. The van der Waals surface area contributed by atoms with Crippen molar-refractivity contribution in [2.45, 2.75) is 38.5 Å². The summed E-state index contributed by atoms with van der Waals surface area (Å²) in [6, 6.07) is 18.6. The van der Waals surface area contributed by atoms with E-state index in [1.165, 1.54) is 24.0 Å². The number of carbonyl (C=O) groups excluding carboxylic acids is 1. The molecule has 0 aromatic heterocycles. The Kier molecular flexibility index (Phi) is 4.19. The molecule has 2 atom stereocenters. The Balaban J connectivity index is 1.64. The van der Waals surface area contributed by atoms with Crippen LogP contribution in [0.4, 0.5) is 0 Å². The maximum atomic E-state index is 12.5. The van der Waals surface area contributed by atoms with Gasteiger partial charge in [0, 0.05) is 11.5 Å². The van der Waals surface area contributed by atoms with Crippen molar-refractivity contribution in [3.63, 3.8) is 0 Å². The molecule has 0 N–H and O–H groups in total. The van der Waals surface area contributed by atoms with Crippen LogP contribution in [0.25, 0.3) is 0 Å². The van der Waals surface area contributed by atoms with E-state index in [0.717, 1.165) is 18.4 Å². The standard InChI is InChI=1S/C20H22O/c1-2-3-7-15-10-12-17(13-11-15)20(21)19-14-18(19)16-8-5-4-6-9-16/h4-6,8-13,18-19H,2-3,7,14H2,1H3. The summed E-state index contributed by atoms with van der Waals surface area (Å²) in [6.45, 7) is 2.20. The van der Waals surface area contributed by atoms with Gasteiger partial charge < -0.3 is 0 Å². The van der Waals surface area contributed by atoms with Gasteiger partial charge in [0.2, 0.25) is 0 Å². The van der Waals surface area contributed by atoms with Crippen molar-refractivity contribution in [2.75, 3.05) is 0 Å². The van der Waals surface area contributed by atoms with Crippen molar-refractivity contribution in [1.82, 2.24) is 0 Å². The van der Waals surface area contributed by atoms with E-state index in [9.17, 15) is 4.79 Å². The summed E-state index contributed by atoms with van der Waals surface area (Å²) >= 11 is 0. The van der Waals surface area contributed by atoms with E-state index in [1.807, 2.05) is 18.2 Å². The molecule has 0 bridgehead atoms. The van der Waals surface area contributed by atoms with Gasteiger partial charge in [-0.1, -0.05) is 67.9 Å². The molecule has 0 heterocycles. The summed E-state index contributed by atoms with van der Waals surface area (Å²) in [5, 5.41) is 0. The van der Waals surface area contributed by atoms with Crippen molar-refractivity contribution in [3.8, 4) is 0 Å². The Morgan fingerprint density at radius 3 is 2.43 bits per heavy atom. The Morgan fingerprint density at radius 2 is 1.76 bits per heavy atom. The van der Waals surface area contributed by atoms with Crippen LogP contribution in [0.15, 0.2) is 54.6 Å². The molecule has 0 radical (unpaired) electrons. The van der Waals surface area contributed by atoms with Gasteiger partial charge in [-0.2, -0.15) is 0 Å². The van der Waals surface area contributed by atoms with E-state index in [4.69, 9.17) is 0 Å². The smallest absolute Gasteiger partial charge is 0.166 e. The van der Waals surface area contributed by atoms with Gasteiger partial charge in [-0.05, 0) is 36.3 Å². The van der Waals surface area contributed by atoms with E-state index in [1.54, 1.807) is 0 Å². The lowest BCUT2D eigenvalue weighted by molar-refractivity contribution is 0.0965. The molecule has 2 aromatic carbocycles. The predicted molar refractivity (Wildman–Crippen MR) is 86.7 cm³/mol. The second-order valence-corrected chi connectivity index (χ2v) is 6.02. The van der Waals surface area contributed by atoms with Crippen LogP contribution >= 0.6 is 0 Å². The van der Waals surface area contributed by atoms with Crippen LogP contribution in [-0.4, -0.2) is 5.78 Å². The quantitative estimate of drug-likeness (QED) is 0.678. The van der Waals surface area contributed by atoms with Gasteiger partial charge >= 0.3 is 0 Å². The summed E-state index contributed by atoms with van der Waals surface area (Å²) in [7, 11) is 0. The Labute approximate surface area is 127 Å². The number of unbranched alkanes of at least 4 members (excludes halogenated alkanes) is 1. The van der Waals surface area contributed by atoms with Crippen molar-refractivity contribution in [2.24, 2.45) is 5.92 Å². The lowest BCUT2D eigenvalue weighted by Crippen LogP contribution is -2.03. The van der Waals surface area contributed by atoms with Crippen molar-refractivity contribution in [1.29, 1.82) is 0 Å². The number of benzene rings is 2. The molecule has 108 valence electrons. The molecule has 2 unspecified atom stereocenters. The third-order valence-electron chi connectivity index (χ3n) is 4.41. The molecule has 3 rings (SSSR count). The van der Waals surface area contributed by atoms with E-state index in [-0.39, 0.29) is 5.92 Å². The van der Waals surface area contributed by atoms with Crippen LogP contribution in [0.5, 0.6) is 0 Å². The largest absolute Gasteiger partial charge is 0.294 e. The van der Waals surface area contributed by atoms with Crippen LogP contribution in [0, 0.1) is 5.92 Å². The maximum absolute atomic E-state index is 12.5. The van der Waals surface area contributed by atoms with Crippen molar-refractivity contribution >= 4 is 5.78 Å². The van der Waals surface area contributed by atoms with E-state index >= 15 is 0 Å². The average molecular weight is 278 g/mol. The Bertz CT molecular complexity index is 597. The zero-order valence-corrected chi connectivity index (χ0v) is 12.6. The molecule has 1 aliphatic rings. The predicted octanol–water partition coefficient (Wildman–Crippen LogP) is 5.02. The minimum Gasteiger partial charge on any atom is -0.294 e. The van der Waals surface area contributed by atoms with Gasteiger partial charge in [0.1, 0.15) is 0 Å². The molecular weight excluding hydrogens is 256 g/mol. The average Bonchev–Trinajstić information content (AvgIpc) is 3.34. The minimum absolute atomic E-state index is 0.189. The first-order valence-corrected chi connectivity index (χ1v) is 7.97. The van der Waals surface area contributed by atoms with Gasteiger partial charge in [-0.25, -0.2) is 0 Å². The molecule has 21 heavy (non-hydrogen) atoms. The first-order chi connectivity index (χ1) is 10.3. The third kappa shape index (κ3) is 3.24. The van der Waals surface area contributed by atoms with Crippen molar-refractivity contribution < 1.29 is 4.79 Å². The first-order valence-electron chi connectivity index (χ1n) is 7.97. The zero-order valence-electron chi connectivity index (χ0n) is 12.6. The normalized spacial score (nSPS) is 20.2. The minimum atomic E-state index is 0.189. The number of aryl methyl sites for hydroxylation is 1. The Hall–Kier alpha value is -1.89. The van der Waals surface area contributed by atoms with Crippen LogP contribution in [-0.2, 0) is 6.42 Å². The summed E-state index contributed by atoms with van der Waals surface area (Å²) in [5.41, 5.74) is 3.51. The number of carbonyl (C=O) groups is 1. The molecular formula is C20H22O. The fourth-order valence-corrected chi connectivity index (χ4v) is 2.98. The molecule has 1 aliphatic carbocycles. The van der Waals surface area contributed by atoms with Gasteiger partial charge in [-0.15, -0.1) is 0 Å². The molecule has 0 aliphatic heterocycles. The molecule has 0 saturated heterocycles. The summed E-state index contributed by atoms with van der Waals surface area (Å²) in [4.78, 5) is 12.5. The number of rotatable bonds is 6. The zero-order chi connectivity index (χ0) is 14.7. The topological polar surface area (TPSA) is 17.1 Å². The SMILES string of the molecule is CCCCc1ccc(C(=O)C2CC2c2ccccc2)cc1. The maximum Gasteiger partial charge on any atom is 0.166 e. The highest BCUT2D eigenvalue weighted by molar-refractivity contribution is 6.00. The third-order valence-corrected chi connectivity index (χ3v) is 4.41. The number of ketones is 1. The fraction of sp³-hybridized carbons (Fsp3) is 0.350. The monoisotopic (exact) mass is 278 g/mol. The van der Waals surface area contributed by atoms with Crippen LogP contribution in [0.2, 0.25) is 0 Å². The second-order valence-electron chi connectivity index (χ2n) is 6.02. The molecule has 0 amide bonds. The fourth-order valence-electron chi connectivity index (χ4n) is 2.98. The lowest BCUT2D eigenvalue weighted by Gasteiger charge is -2.04. The van der Waals surface area contributed by atoms with Gasteiger partial charge in [0.15, 0.2) is 5.78 Å². The highest BCUT2D eigenvalue weighted by Gasteiger charge is 2.43. The Morgan fingerprint density at radius 1 is 1.05 bits per heavy atom. The van der Waals surface area contributed by atoms with Gasteiger partial charge in [0.05, 0.1) is 0 Å². The van der Waals surface area contributed by atoms with Gasteiger partial charge in [0.25, 0.3) is 0 Å². The summed E-state index contributed by atoms with van der Waals surface area (Å²) in [5.74, 6) is 0.929. The lowest BCUT2D eigenvalue weighted by atomic mass is 10.0. The summed E-state index contributed by atoms with van der Waals surface area (Å²) < 4.78 is 0. The highest BCUT2D eigenvalue weighted by Crippen LogP contribution is 2.49. The van der Waals surface area contributed by atoms with E-state index in [0.29, 0.717) is 11.7 Å². The number of Topliss-reactive ketones (excluding diaryl/α,β-unsaturated/α-hetero) is 1. The van der Waals surface area contributed by atoms with Crippen molar-refractivity contribution in [3.05, 3.63) is 71.3 Å². The second kappa shape index (κ2) is 6.26. The van der Waals surface area contributed by atoms with E-state index in [2.05, 4.69) is 43.3 Å². The number of hydrogen-bond acceptors (Lipinski definition) is 1. The highest BCUT2D eigenvalue weighted by atomic mass is 16.1. The molecule has 1 saturated carbocycles. The van der Waals surface area contributed by atoms with Crippen LogP contribution in [0.3, 0.4) is 0 Å². The van der Waals surface area contributed by atoms with Gasteiger partial charge in [-0.3, -0.25) is 4.79 Å². The van der Waals surface area contributed by atoms with Crippen LogP contribution in [0.1, 0.15) is 53.6 Å². The van der Waals surface area contributed by atoms with E-state index < -0.39 is 0 Å². The number of hydrogen-bond donors (Lipinski definition) is 0. The first kappa shape index (κ1) is 14.1. The van der Waals surface area contributed by atoms with Crippen LogP contribution < -0.4 is 0 Å².